The van der Waals surface area contributed by atoms with Crippen molar-refractivity contribution in [2.24, 2.45) is 17.8 Å². The lowest BCUT2D eigenvalue weighted by atomic mass is 9.74. The highest BCUT2D eigenvalue weighted by atomic mass is 16.5. The van der Waals surface area contributed by atoms with E-state index in [0.717, 1.165) is 18.4 Å². The fourth-order valence-electron chi connectivity index (χ4n) is 3.60. The fraction of sp³-hybridized carbons (Fsp3) is 1.00. The second-order valence-electron chi connectivity index (χ2n) is 6.18. The van der Waals surface area contributed by atoms with Gasteiger partial charge >= 0.3 is 0 Å². The van der Waals surface area contributed by atoms with Crippen LogP contribution in [0.1, 0.15) is 59.8 Å². The first-order valence-corrected chi connectivity index (χ1v) is 7.92. The highest BCUT2D eigenvalue weighted by Crippen LogP contribution is 2.35. The zero-order valence-corrected chi connectivity index (χ0v) is 13.0. The lowest BCUT2D eigenvalue weighted by Gasteiger charge is -2.39. The molecule has 4 unspecified atom stereocenters. The monoisotopic (exact) mass is 255 g/mol. The van der Waals surface area contributed by atoms with Gasteiger partial charge in [-0.2, -0.15) is 0 Å². The molecule has 0 radical (unpaired) electrons. The van der Waals surface area contributed by atoms with Crippen LogP contribution in [0.25, 0.3) is 0 Å². The van der Waals surface area contributed by atoms with Gasteiger partial charge in [-0.3, -0.25) is 0 Å². The standard InChI is InChI=1S/C16H33NO/c1-6-13-9-8-10-14(11-13)15(17-5)16(12(3)4)18-7-2/h12-17H,6-11H2,1-5H3. The van der Waals surface area contributed by atoms with Crippen LogP contribution >= 0.6 is 0 Å². The molecule has 0 spiro atoms. The molecule has 0 aromatic carbocycles. The normalized spacial score (nSPS) is 28.3. The molecule has 108 valence electrons. The summed E-state index contributed by atoms with van der Waals surface area (Å²) in [5, 5.41) is 3.56. The van der Waals surface area contributed by atoms with Crippen LogP contribution < -0.4 is 5.32 Å². The lowest BCUT2D eigenvalue weighted by Crippen LogP contribution is -2.48. The molecule has 0 aromatic heterocycles. The number of rotatable bonds is 7. The van der Waals surface area contributed by atoms with Gasteiger partial charge in [0.05, 0.1) is 6.10 Å². The van der Waals surface area contributed by atoms with Gasteiger partial charge in [0.25, 0.3) is 0 Å². The molecule has 1 N–H and O–H groups in total. The van der Waals surface area contributed by atoms with Crippen LogP contribution in [0.3, 0.4) is 0 Å². The Morgan fingerprint density at radius 3 is 2.44 bits per heavy atom. The van der Waals surface area contributed by atoms with Crippen molar-refractivity contribution in [3.8, 4) is 0 Å². The van der Waals surface area contributed by atoms with Crippen molar-refractivity contribution >= 4 is 0 Å². The van der Waals surface area contributed by atoms with Crippen LogP contribution in [0, 0.1) is 17.8 Å². The van der Waals surface area contributed by atoms with Crippen molar-refractivity contribution in [1.29, 1.82) is 0 Å². The van der Waals surface area contributed by atoms with E-state index in [1.54, 1.807) is 0 Å². The van der Waals surface area contributed by atoms with Gasteiger partial charge in [0, 0.05) is 12.6 Å². The molecular formula is C16H33NO. The highest BCUT2D eigenvalue weighted by molar-refractivity contribution is 4.88. The largest absolute Gasteiger partial charge is 0.377 e. The maximum atomic E-state index is 6.02. The average molecular weight is 255 g/mol. The Morgan fingerprint density at radius 2 is 1.94 bits per heavy atom. The van der Waals surface area contributed by atoms with Crippen molar-refractivity contribution in [3.63, 3.8) is 0 Å². The van der Waals surface area contributed by atoms with Crippen molar-refractivity contribution in [2.75, 3.05) is 13.7 Å². The van der Waals surface area contributed by atoms with E-state index in [2.05, 4.69) is 40.1 Å². The SMILES string of the molecule is CCOC(C(C)C)C(NC)C1CCCC(CC)C1. The van der Waals surface area contributed by atoms with E-state index in [0.29, 0.717) is 18.1 Å². The van der Waals surface area contributed by atoms with E-state index in [9.17, 15) is 0 Å². The van der Waals surface area contributed by atoms with Crippen LogP contribution in [0.5, 0.6) is 0 Å². The minimum atomic E-state index is 0.362. The summed E-state index contributed by atoms with van der Waals surface area (Å²) in [6.45, 7) is 9.84. The highest BCUT2D eigenvalue weighted by Gasteiger charge is 2.33. The first kappa shape index (κ1) is 16.0. The molecule has 0 aliphatic heterocycles. The molecule has 18 heavy (non-hydrogen) atoms. The molecule has 2 heteroatoms. The minimum Gasteiger partial charge on any atom is -0.377 e. The number of nitrogens with one attached hydrogen (secondary N) is 1. The van der Waals surface area contributed by atoms with E-state index in [1.165, 1.54) is 32.1 Å². The maximum absolute atomic E-state index is 6.02. The fourth-order valence-corrected chi connectivity index (χ4v) is 3.60. The average Bonchev–Trinajstić information content (AvgIpc) is 2.38. The zero-order chi connectivity index (χ0) is 13.5. The molecule has 4 atom stereocenters. The second kappa shape index (κ2) is 8.16. The van der Waals surface area contributed by atoms with Crippen LogP contribution in [0.4, 0.5) is 0 Å². The molecule has 0 saturated heterocycles. The van der Waals surface area contributed by atoms with Gasteiger partial charge < -0.3 is 10.1 Å². The Kier molecular flexibility index (Phi) is 7.25. The van der Waals surface area contributed by atoms with Crippen LogP contribution in [-0.4, -0.2) is 25.8 Å². The summed E-state index contributed by atoms with van der Waals surface area (Å²) in [7, 11) is 2.11. The van der Waals surface area contributed by atoms with Crippen molar-refractivity contribution in [2.45, 2.75) is 71.9 Å². The van der Waals surface area contributed by atoms with Gasteiger partial charge in [0.2, 0.25) is 0 Å². The van der Waals surface area contributed by atoms with Gasteiger partial charge in [-0.25, -0.2) is 0 Å². The van der Waals surface area contributed by atoms with Gasteiger partial charge in [-0.1, -0.05) is 40.0 Å². The second-order valence-corrected chi connectivity index (χ2v) is 6.18. The van der Waals surface area contributed by atoms with E-state index in [1.807, 2.05) is 0 Å². The van der Waals surface area contributed by atoms with Gasteiger partial charge in [0.15, 0.2) is 0 Å². The summed E-state index contributed by atoms with van der Waals surface area (Å²) in [6.07, 6.45) is 7.30. The van der Waals surface area contributed by atoms with E-state index >= 15 is 0 Å². The first-order chi connectivity index (χ1) is 8.63. The number of likely N-dealkylation sites (N-methyl/N-ethyl adjacent to an activating group) is 1. The summed E-state index contributed by atoms with van der Waals surface area (Å²) < 4.78 is 6.02. The van der Waals surface area contributed by atoms with Gasteiger partial charge in [-0.15, -0.1) is 0 Å². The van der Waals surface area contributed by atoms with E-state index < -0.39 is 0 Å². The number of hydrogen-bond donors (Lipinski definition) is 1. The third-order valence-corrected chi connectivity index (χ3v) is 4.61. The summed E-state index contributed by atoms with van der Waals surface area (Å²) in [4.78, 5) is 0. The number of hydrogen-bond acceptors (Lipinski definition) is 2. The summed E-state index contributed by atoms with van der Waals surface area (Å²) in [5.74, 6) is 2.33. The van der Waals surface area contributed by atoms with Crippen molar-refractivity contribution < 1.29 is 4.74 Å². The Morgan fingerprint density at radius 1 is 1.22 bits per heavy atom. The van der Waals surface area contributed by atoms with Crippen LogP contribution in [0.15, 0.2) is 0 Å². The third-order valence-electron chi connectivity index (χ3n) is 4.61. The predicted molar refractivity (Wildman–Crippen MR) is 78.8 cm³/mol. The topological polar surface area (TPSA) is 21.3 Å². The van der Waals surface area contributed by atoms with Gasteiger partial charge in [0.1, 0.15) is 0 Å². The molecular weight excluding hydrogens is 222 g/mol. The predicted octanol–water partition coefficient (Wildman–Crippen LogP) is 3.85. The molecule has 1 saturated carbocycles. The molecule has 0 heterocycles. The summed E-state index contributed by atoms with van der Waals surface area (Å²) in [6, 6.07) is 0.527. The van der Waals surface area contributed by atoms with Crippen LogP contribution in [-0.2, 0) is 4.74 Å². The Balaban J connectivity index is 2.67. The van der Waals surface area contributed by atoms with Crippen molar-refractivity contribution in [3.05, 3.63) is 0 Å². The molecule has 1 rings (SSSR count). The number of ether oxygens (including phenoxy) is 1. The third kappa shape index (κ3) is 4.24. The van der Waals surface area contributed by atoms with Gasteiger partial charge in [-0.05, 0) is 44.6 Å². The Bertz CT molecular complexity index is 217. The van der Waals surface area contributed by atoms with Crippen LogP contribution in [0.2, 0.25) is 0 Å². The smallest absolute Gasteiger partial charge is 0.0753 e. The molecule has 0 amide bonds. The van der Waals surface area contributed by atoms with E-state index in [4.69, 9.17) is 4.74 Å². The summed E-state index contributed by atoms with van der Waals surface area (Å²) in [5.41, 5.74) is 0. The first-order valence-electron chi connectivity index (χ1n) is 7.92. The van der Waals surface area contributed by atoms with Crippen molar-refractivity contribution in [1.82, 2.24) is 5.32 Å². The zero-order valence-electron chi connectivity index (χ0n) is 13.0. The molecule has 0 aromatic rings. The molecule has 1 aliphatic carbocycles. The maximum Gasteiger partial charge on any atom is 0.0753 e. The molecule has 1 fully saturated rings. The quantitative estimate of drug-likeness (QED) is 0.746. The Hall–Kier alpha value is -0.0800. The molecule has 0 bridgehead atoms. The Labute approximate surface area is 114 Å². The molecule has 1 aliphatic rings. The lowest BCUT2D eigenvalue weighted by molar-refractivity contribution is -0.0179. The summed E-state index contributed by atoms with van der Waals surface area (Å²) >= 11 is 0. The molecule has 2 nitrogen and oxygen atoms in total. The van der Waals surface area contributed by atoms with E-state index in [-0.39, 0.29) is 0 Å². The minimum absolute atomic E-state index is 0.362.